The van der Waals surface area contributed by atoms with E-state index in [4.69, 9.17) is 4.98 Å². The number of nitrogens with one attached hydrogen (secondary N) is 1. The molecular formula is C17H22N2S2. The molecule has 21 heavy (non-hydrogen) atoms. The van der Waals surface area contributed by atoms with Gasteiger partial charge in [0.1, 0.15) is 5.01 Å². The topological polar surface area (TPSA) is 24.9 Å². The normalized spacial score (nSPS) is 17.7. The van der Waals surface area contributed by atoms with Crippen molar-refractivity contribution < 1.29 is 0 Å². The van der Waals surface area contributed by atoms with Crippen molar-refractivity contribution in [1.82, 2.24) is 10.3 Å². The van der Waals surface area contributed by atoms with Gasteiger partial charge in [0.15, 0.2) is 0 Å². The van der Waals surface area contributed by atoms with Gasteiger partial charge in [0, 0.05) is 9.77 Å². The monoisotopic (exact) mass is 318 g/mol. The highest BCUT2D eigenvalue weighted by molar-refractivity contribution is 7.98. The van der Waals surface area contributed by atoms with Crippen molar-refractivity contribution in [1.29, 1.82) is 0 Å². The third kappa shape index (κ3) is 3.87. The van der Waals surface area contributed by atoms with Gasteiger partial charge in [-0.25, -0.2) is 4.98 Å². The highest BCUT2D eigenvalue weighted by Crippen LogP contribution is 2.35. The van der Waals surface area contributed by atoms with E-state index in [9.17, 15) is 0 Å². The summed E-state index contributed by atoms with van der Waals surface area (Å²) in [5, 5.41) is 4.93. The zero-order chi connectivity index (χ0) is 14.5. The van der Waals surface area contributed by atoms with Crippen LogP contribution in [0.15, 0.2) is 35.2 Å². The first kappa shape index (κ1) is 15.1. The maximum Gasteiger partial charge on any atom is 0.103 e. The molecule has 0 spiro atoms. The van der Waals surface area contributed by atoms with E-state index in [0.717, 1.165) is 12.3 Å². The number of aromatic nitrogens is 1. The van der Waals surface area contributed by atoms with Crippen molar-refractivity contribution in [3.05, 3.63) is 45.9 Å². The predicted molar refractivity (Wildman–Crippen MR) is 92.1 cm³/mol. The number of rotatable bonds is 6. The minimum absolute atomic E-state index is 0.487. The molecule has 2 aromatic rings. The van der Waals surface area contributed by atoms with Gasteiger partial charge >= 0.3 is 0 Å². The van der Waals surface area contributed by atoms with Gasteiger partial charge < -0.3 is 5.32 Å². The van der Waals surface area contributed by atoms with Gasteiger partial charge in [-0.15, -0.1) is 23.1 Å². The number of thiazole rings is 1. The molecule has 0 saturated heterocycles. The molecule has 3 rings (SSSR count). The quantitative estimate of drug-likeness (QED) is 0.774. The lowest BCUT2D eigenvalue weighted by Gasteiger charge is -2.22. The number of thioether (sulfide) groups is 1. The van der Waals surface area contributed by atoms with Gasteiger partial charge in [-0.2, -0.15) is 0 Å². The van der Waals surface area contributed by atoms with E-state index >= 15 is 0 Å². The summed E-state index contributed by atoms with van der Waals surface area (Å²) < 4.78 is 0. The molecule has 112 valence electrons. The highest BCUT2D eigenvalue weighted by Gasteiger charge is 2.23. The van der Waals surface area contributed by atoms with E-state index in [1.807, 2.05) is 23.1 Å². The first-order valence-corrected chi connectivity index (χ1v) is 9.56. The lowest BCUT2D eigenvalue weighted by Crippen LogP contribution is -2.25. The van der Waals surface area contributed by atoms with Gasteiger partial charge in [-0.05, 0) is 44.4 Å². The summed E-state index contributed by atoms with van der Waals surface area (Å²) >= 11 is 3.80. The molecule has 0 aliphatic heterocycles. The fourth-order valence-corrected chi connectivity index (χ4v) is 4.79. The molecule has 1 aromatic carbocycles. The Morgan fingerprint density at radius 1 is 1.33 bits per heavy atom. The van der Waals surface area contributed by atoms with E-state index in [0.29, 0.717) is 6.04 Å². The molecule has 0 bridgehead atoms. The molecule has 1 aliphatic rings. The van der Waals surface area contributed by atoms with Crippen LogP contribution in [-0.4, -0.2) is 11.5 Å². The molecule has 0 fully saturated rings. The summed E-state index contributed by atoms with van der Waals surface area (Å²) in [5.41, 5.74) is 1.34. The Morgan fingerprint density at radius 3 is 3.00 bits per heavy atom. The third-order valence-electron chi connectivity index (χ3n) is 3.74. The molecule has 2 nitrogen and oxygen atoms in total. The van der Waals surface area contributed by atoms with Crippen LogP contribution in [-0.2, 0) is 12.2 Å². The molecule has 1 atom stereocenters. The molecule has 1 N–H and O–H groups in total. The Morgan fingerprint density at radius 2 is 2.19 bits per heavy atom. The van der Waals surface area contributed by atoms with Crippen molar-refractivity contribution in [2.24, 2.45) is 0 Å². The second-order valence-corrected chi connectivity index (χ2v) is 7.63. The second kappa shape index (κ2) is 7.43. The summed E-state index contributed by atoms with van der Waals surface area (Å²) in [5.74, 6) is 0.988. The Kier molecular flexibility index (Phi) is 5.33. The van der Waals surface area contributed by atoms with Crippen LogP contribution in [0.5, 0.6) is 0 Å². The minimum Gasteiger partial charge on any atom is -0.309 e. The standard InChI is InChI=1S/C17H22N2S2/c1-2-11-18-14-9-6-10-15-17(14)19-16(21-15)12-20-13-7-4-3-5-8-13/h3-5,7-8,14,18H,2,6,9-12H2,1H3. The number of fused-ring (bicyclic) bond motifs is 1. The van der Waals surface area contributed by atoms with Crippen LogP contribution in [0, 0.1) is 0 Å². The van der Waals surface area contributed by atoms with Gasteiger partial charge in [0.2, 0.25) is 0 Å². The van der Waals surface area contributed by atoms with Crippen molar-refractivity contribution in [3.8, 4) is 0 Å². The van der Waals surface area contributed by atoms with E-state index in [2.05, 4.69) is 42.6 Å². The zero-order valence-corrected chi connectivity index (χ0v) is 14.1. The fourth-order valence-electron chi connectivity index (χ4n) is 2.71. The van der Waals surface area contributed by atoms with Crippen LogP contribution in [0.2, 0.25) is 0 Å². The molecule has 1 heterocycles. The average molecular weight is 319 g/mol. The van der Waals surface area contributed by atoms with E-state index in [-0.39, 0.29) is 0 Å². The van der Waals surface area contributed by atoms with Crippen molar-refractivity contribution in [2.75, 3.05) is 6.54 Å². The van der Waals surface area contributed by atoms with Gasteiger partial charge in [-0.3, -0.25) is 0 Å². The van der Waals surface area contributed by atoms with Crippen molar-refractivity contribution >= 4 is 23.1 Å². The van der Waals surface area contributed by atoms with E-state index in [1.165, 1.54) is 46.2 Å². The minimum atomic E-state index is 0.487. The number of nitrogens with zero attached hydrogens (tertiary/aromatic N) is 1. The maximum atomic E-state index is 4.94. The average Bonchev–Trinajstić information content (AvgIpc) is 2.95. The van der Waals surface area contributed by atoms with Crippen LogP contribution < -0.4 is 5.32 Å². The summed E-state index contributed by atoms with van der Waals surface area (Å²) in [6, 6.07) is 11.1. The van der Waals surface area contributed by atoms with E-state index < -0.39 is 0 Å². The van der Waals surface area contributed by atoms with Crippen LogP contribution >= 0.6 is 23.1 Å². The maximum absolute atomic E-state index is 4.94. The largest absolute Gasteiger partial charge is 0.309 e. The first-order valence-electron chi connectivity index (χ1n) is 7.76. The number of hydrogen-bond donors (Lipinski definition) is 1. The van der Waals surface area contributed by atoms with Gasteiger partial charge in [0.05, 0.1) is 17.5 Å². The van der Waals surface area contributed by atoms with E-state index in [1.54, 1.807) is 0 Å². The highest BCUT2D eigenvalue weighted by atomic mass is 32.2. The molecular weight excluding hydrogens is 296 g/mol. The van der Waals surface area contributed by atoms with Crippen molar-refractivity contribution in [2.45, 2.75) is 49.3 Å². The molecule has 4 heteroatoms. The number of benzene rings is 1. The smallest absolute Gasteiger partial charge is 0.103 e. The molecule has 1 unspecified atom stereocenters. The Hall–Kier alpha value is -0.840. The zero-order valence-electron chi connectivity index (χ0n) is 12.5. The lowest BCUT2D eigenvalue weighted by atomic mass is 9.97. The first-order chi connectivity index (χ1) is 10.4. The SMILES string of the molecule is CCCNC1CCCc2sc(CSc3ccccc3)nc21. The number of hydrogen-bond acceptors (Lipinski definition) is 4. The number of aryl methyl sites for hydroxylation is 1. The molecule has 1 aliphatic carbocycles. The van der Waals surface area contributed by atoms with Crippen LogP contribution in [0.4, 0.5) is 0 Å². The predicted octanol–water partition coefficient (Wildman–Crippen LogP) is 4.81. The summed E-state index contributed by atoms with van der Waals surface area (Å²) in [4.78, 5) is 7.77. The summed E-state index contributed by atoms with van der Waals surface area (Å²) in [6.07, 6.45) is 4.93. The molecule has 1 aromatic heterocycles. The van der Waals surface area contributed by atoms with Crippen LogP contribution in [0.3, 0.4) is 0 Å². The second-order valence-electron chi connectivity index (χ2n) is 5.42. The van der Waals surface area contributed by atoms with Gasteiger partial charge in [0.25, 0.3) is 0 Å². The van der Waals surface area contributed by atoms with Gasteiger partial charge in [-0.1, -0.05) is 25.1 Å². The lowest BCUT2D eigenvalue weighted by molar-refractivity contribution is 0.454. The Balaban J connectivity index is 1.66. The Bertz CT molecular complexity index is 565. The van der Waals surface area contributed by atoms with Crippen LogP contribution in [0.25, 0.3) is 0 Å². The third-order valence-corrected chi connectivity index (χ3v) is 6.08. The molecule has 0 saturated carbocycles. The summed E-state index contributed by atoms with van der Waals surface area (Å²) in [6.45, 7) is 3.31. The fraction of sp³-hybridized carbons (Fsp3) is 0.471. The van der Waals surface area contributed by atoms with Crippen molar-refractivity contribution in [3.63, 3.8) is 0 Å². The molecule has 0 radical (unpaired) electrons. The molecule has 0 amide bonds. The van der Waals surface area contributed by atoms with Crippen LogP contribution in [0.1, 0.15) is 47.8 Å². The summed E-state index contributed by atoms with van der Waals surface area (Å²) in [7, 11) is 0. The Labute approximate surface area is 135 Å².